The maximum Gasteiger partial charge on any atom is 1.00 e. The van der Waals surface area contributed by atoms with Crippen molar-refractivity contribution in [2.45, 2.75) is 26.2 Å². The fourth-order valence-electron chi connectivity index (χ4n) is 2.14. The van der Waals surface area contributed by atoms with Gasteiger partial charge in [-0.1, -0.05) is 31.5 Å². The van der Waals surface area contributed by atoms with Gasteiger partial charge in [0, 0.05) is 17.6 Å². The van der Waals surface area contributed by atoms with E-state index >= 15 is 0 Å². The molecule has 0 aliphatic carbocycles. The Morgan fingerprint density at radius 3 is 2.71 bits per heavy atom. The Labute approximate surface area is 141 Å². The third-order valence-electron chi connectivity index (χ3n) is 3.32. The summed E-state index contributed by atoms with van der Waals surface area (Å²) in [6, 6.07) is 10.5. The van der Waals surface area contributed by atoms with E-state index in [-0.39, 0.29) is 20.3 Å². The minimum absolute atomic E-state index is 0. The Kier molecular flexibility index (Phi) is 7.81. The molecule has 0 bridgehead atoms. The number of aromatic nitrogens is 1. The summed E-state index contributed by atoms with van der Waals surface area (Å²) in [7, 11) is 4.10. The molecule has 0 saturated heterocycles. The molecule has 1 aromatic heterocycles. The van der Waals surface area contributed by atoms with E-state index in [1.165, 1.54) is 18.2 Å². The van der Waals surface area contributed by atoms with E-state index in [0.717, 1.165) is 29.9 Å². The van der Waals surface area contributed by atoms with Crippen molar-refractivity contribution in [2.75, 3.05) is 27.2 Å². The van der Waals surface area contributed by atoms with E-state index in [1.54, 1.807) is 0 Å². The van der Waals surface area contributed by atoms with Crippen LogP contribution in [0.2, 0.25) is 0 Å². The second kappa shape index (κ2) is 9.10. The Balaban J connectivity index is 0.00000220. The van der Waals surface area contributed by atoms with Crippen LogP contribution >= 0.6 is 0 Å². The fraction of sp³-hybridized carbons (Fsp3) is 0.471. The van der Waals surface area contributed by atoms with Crippen LogP contribution < -0.4 is 23.6 Å². The van der Waals surface area contributed by atoms with Crippen LogP contribution in [0.15, 0.2) is 30.3 Å². The van der Waals surface area contributed by atoms with Gasteiger partial charge in [0.25, 0.3) is 0 Å². The van der Waals surface area contributed by atoms with Gasteiger partial charge in [0.15, 0.2) is 0 Å². The maximum absolute atomic E-state index is 5.90. The van der Waals surface area contributed by atoms with Gasteiger partial charge in [0.05, 0.1) is 0 Å². The monoisotopic (exact) mass is 280 g/mol. The van der Waals surface area contributed by atoms with Gasteiger partial charge < -0.3 is 11.1 Å². The number of hydrogen-bond donors (Lipinski definition) is 0. The van der Waals surface area contributed by atoms with Gasteiger partial charge >= 0.3 is 18.9 Å². The van der Waals surface area contributed by atoms with Crippen LogP contribution in [-0.4, -0.2) is 37.1 Å². The van der Waals surface area contributed by atoms with Gasteiger partial charge in [-0.05, 0) is 44.5 Å². The minimum Gasteiger partial charge on any atom is -1.00 e. The molecule has 1 aromatic carbocycles. The zero-order valence-electron chi connectivity index (χ0n) is 14.7. The van der Waals surface area contributed by atoms with E-state index in [4.69, 9.17) is 9.72 Å². The average Bonchev–Trinajstić information content (AvgIpc) is 2.44. The molecule has 110 valence electrons. The van der Waals surface area contributed by atoms with Gasteiger partial charge in [-0.25, -0.2) is 4.98 Å². The van der Waals surface area contributed by atoms with E-state index in [1.807, 2.05) is 20.2 Å². The minimum atomic E-state index is 0. The number of fused-ring (bicyclic) bond motifs is 1. The molecule has 0 radical (unpaired) electrons. The van der Waals surface area contributed by atoms with Crippen LogP contribution in [0, 0.1) is 0 Å². The van der Waals surface area contributed by atoms with E-state index in [2.05, 4.69) is 36.1 Å². The maximum atomic E-state index is 5.90. The van der Waals surface area contributed by atoms with Crippen molar-refractivity contribution >= 4 is 10.8 Å². The van der Waals surface area contributed by atoms with Crippen LogP contribution in [0.3, 0.4) is 0 Å². The number of nitrogens with zero attached hydrogens (tertiary/aromatic N) is 2. The van der Waals surface area contributed by atoms with Crippen molar-refractivity contribution in [2.24, 2.45) is 0 Å². The molecule has 0 N–H and O–H groups in total. The van der Waals surface area contributed by atoms with Crippen LogP contribution in [0.5, 0.6) is 5.88 Å². The molecule has 0 atom stereocenters. The number of aryl methyl sites for hydroxylation is 1. The summed E-state index contributed by atoms with van der Waals surface area (Å²) in [5, 5.41) is 2.32. The number of ether oxygens (including phenoxy) is 1. The molecule has 0 amide bonds. The van der Waals surface area contributed by atoms with Gasteiger partial charge in [0.2, 0.25) is 5.88 Å². The Hall–Kier alpha value is -1.01. The first-order chi connectivity index (χ1) is 9.70. The van der Waals surface area contributed by atoms with Crippen molar-refractivity contribution in [3.05, 3.63) is 36.0 Å². The van der Waals surface area contributed by atoms with Gasteiger partial charge in [-0.15, -0.1) is 0 Å². The van der Waals surface area contributed by atoms with Crippen molar-refractivity contribution in [3.8, 4) is 5.88 Å². The normalized spacial score (nSPS) is 10.7. The van der Waals surface area contributed by atoms with E-state index in [0.29, 0.717) is 6.61 Å². The zero-order chi connectivity index (χ0) is 14.4. The number of unbranched alkanes of at least 4 members (excludes halogenated alkanes) is 1. The number of rotatable bonds is 7. The average molecular weight is 280 g/mol. The predicted molar refractivity (Wildman–Crippen MR) is 85.5 cm³/mol. The third kappa shape index (κ3) is 5.36. The molecule has 3 nitrogen and oxygen atoms in total. The second-order valence-corrected chi connectivity index (χ2v) is 5.40. The molecular formula is C17H25LiN2O. The summed E-state index contributed by atoms with van der Waals surface area (Å²) in [5.74, 6) is 0.774. The standard InChI is InChI=1S/C17H24N2O.Li.H/c1-4-5-9-15-13-14-8-6-7-10-16(14)17(18-15)20-12-11-19(2)3;;/h6-8,10,13H,4-5,9,11-12H2,1-3H3;;/q;+1;-1. The van der Waals surface area contributed by atoms with Crippen molar-refractivity contribution in [1.82, 2.24) is 9.88 Å². The summed E-state index contributed by atoms with van der Waals surface area (Å²) in [4.78, 5) is 6.81. The van der Waals surface area contributed by atoms with Gasteiger partial charge in [-0.2, -0.15) is 0 Å². The molecule has 0 saturated carbocycles. The van der Waals surface area contributed by atoms with Crippen molar-refractivity contribution < 1.29 is 25.0 Å². The smallest absolute Gasteiger partial charge is 1.00 e. The van der Waals surface area contributed by atoms with Crippen LogP contribution in [0.4, 0.5) is 0 Å². The van der Waals surface area contributed by atoms with Gasteiger partial charge in [-0.3, -0.25) is 0 Å². The molecule has 0 fully saturated rings. The second-order valence-electron chi connectivity index (χ2n) is 5.40. The summed E-state index contributed by atoms with van der Waals surface area (Å²) in [5.41, 5.74) is 1.13. The number of benzene rings is 1. The SMILES string of the molecule is CCCCc1cc2ccccc2c(OCCN(C)C)n1.[H-].[Li+]. The molecule has 2 aromatic rings. The first kappa shape index (κ1) is 18.0. The Bertz CT molecular complexity index is 563. The predicted octanol–water partition coefficient (Wildman–Crippen LogP) is 0.634. The fourth-order valence-corrected chi connectivity index (χ4v) is 2.14. The molecular weight excluding hydrogens is 255 g/mol. The first-order valence-corrected chi connectivity index (χ1v) is 7.37. The summed E-state index contributed by atoms with van der Waals surface area (Å²) < 4.78 is 5.90. The molecule has 0 unspecified atom stereocenters. The first-order valence-electron chi connectivity index (χ1n) is 7.37. The number of hydrogen-bond acceptors (Lipinski definition) is 3. The van der Waals surface area contributed by atoms with Crippen LogP contribution in [0.25, 0.3) is 10.8 Å². The van der Waals surface area contributed by atoms with E-state index < -0.39 is 0 Å². The number of pyridine rings is 1. The summed E-state index contributed by atoms with van der Waals surface area (Å²) in [6.45, 7) is 3.77. The summed E-state index contributed by atoms with van der Waals surface area (Å²) >= 11 is 0. The number of likely N-dealkylation sites (N-methyl/N-ethyl adjacent to an activating group) is 1. The largest absolute Gasteiger partial charge is 1.00 e. The Morgan fingerprint density at radius 1 is 1.24 bits per heavy atom. The zero-order valence-corrected chi connectivity index (χ0v) is 13.7. The molecule has 0 spiro atoms. The molecule has 0 aliphatic rings. The molecule has 21 heavy (non-hydrogen) atoms. The third-order valence-corrected chi connectivity index (χ3v) is 3.32. The molecule has 0 aliphatic heterocycles. The van der Waals surface area contributed by atoms with E-state index in [9.17, 15) is 0 Å². The Morgan fingerprint density at radius 2 is 2.00 bits per heavy atom. The quantitative estimate of drug-likeness (QED) is 0.696. The molecule has 2 rings (SSSR count). The topological polar surface area (TPSA) is 25.4 Å². The summed E-state index contributed by atoms with van der Waals surface area (Å²) in [6.07, 6.45) is 3.37. The van der Waals surface area contributed by atoms with Crippen molar-refractivity contribution in [3.63, 3.8) is 0 Å². The van der Waals surface area contributed by atoms with Crippen LogP contribution in [0.1, 0.15) is 26.9 Å². The van der Waals surface area contributed by atoms with Crippen molar-refractivity contribution in [1.29, 1.82) is 0 Å². The van der Waals surface area contributed by atoms with Crippen LogP contribution in [-0.2, 0) is 6.42 Å². The molecule has 1 heterocycles. The molecule has 4 heteroatoms. The van der Waals surface area contributed by atoms with Gasteiger partial charge in [0.1, 0.15) is 6.61 Å².